The van der Waals surface area contributed by atoms with Gasteiger partial charge < -0.3 is 0 Å². The molecule has 1 saturated heterocycles. The molecule has 3 rings (SSSR count). The van der Waals surface area contributed by atoms with Gasteiger partial charge in [0, 0.05) is 5.02 Å². The van der Waals surface area contributed by atoms with E-state index in [0.717, 1.165) is 10.5 Å². The van der Waals surface area contributed by atoms with Crippen molar-refractivity contribution >= 4 is 35.0 Å². The lowest BCUT2D eigenvalue weighted by Crippen LogP contribution is -2.48. The molecule has 1 heterocycles. The van der Waals surface area contributed by atoms with Crippen molar-refractivity contribution in [2.75, 3.05) is 4.90 Å². The number of nitrogens with zero attached hydrogens (tertiary/aromatic N) is 1. The molecular formula is C19H17ClFN3O3. The maximum atomic E-state index is 12.9. The molecule has 1 fully saturated rings. The SMILES string of the molecule is Cc1ccc(N2C(=O)C[C@@H](NNC(=O)Cc3ccc(F)cc3)C2=O)cc1Cl. The van der Waals surface area contributed by atoms with Crippen molar-refractivity contribution in [3.63, 3.8) is 0 Å². The number of nitrogens with one attached hydrogen (secondary N) is 2. The lowest BCUT2D eigenvalue weighted by atomic mass is 10.1. The molecule has 1 aliphatic rings. The first kappa shape index (κ1) is 19.0. The number of hydrogen-bond acceptors (Lipinski definition) is 4. The van der Waals surface area contributed by atoms with E-state index in [1.807, 2.05) is 6.92 Å². The largest absolute Gasteiger partial charge is 0.291 e. The van der Waals surface area contributed by atoms with E-state index < -0.39 is 17.9 Å². The molecule has 0 radical (unpaired) electrons. The number of anilines is 1. The number of aryl methyl sites for hydroxylation is 1. The third-order valence-corrected chi connectivity index (χ3v) is 4.63. The molecule has 0 aromatic heterocycles. The Morgan fingerprint density at radius 2 is 1.93 bits per heavy atom. The van der Waals surface area contributed by atoms with E-state index in [9.17, 15) is 18.8 Å². The van der Waals surface area contributed by atoms with E-state index in [-0.39, 0.29) is 24.6 Å². The van der Waals surface area contributed by atoms with E-state index in [1.165, 1.54) is 24.3 Å². The third kappa shape index (κ3) is 4.32. The Kier molecular flexibility index (Phi) is 5.53. The number of halogens is 2. The minimum Gasteiger partial charge on any atom is -0.291 e. The van der Waals surface area contributed by atoms with Gasteiger partial charge in [-0.15, -0.1) is 0 Å². The van der Waals surface area contributed by atoms with Gasteiger partial charge in [-0.2, -0.15) is 0 Å². The van der Waals surface area contributed by atoms with Crippen molar-refractivity contribution in [3.8, 4) is 0 Å². The third-order valence-electron chi connectivity index (χ3n) is 4.22. The van der Waals surface area contributed by atoms with E-state index in [2.05, 4.69) is 10.9 Å². The summed E-state index contributed by atoms with van der Waals surface area (Å²) in [7, 11) is 0. The molecule has 8 heteroatoms. The average Bonchev–Trinajstić information content (AvgIpc) is 2.91. The zero-order valence-electron chi connectivity index (χ0n) is 14.5. The Morgan fingerprint density at radius 1 is 1.22 bits per heavy atom. The van der Waals surface area contributed by atoms with Gasteiger partial charge in [-0.3, -0.25) is 19.8 Å². The Morgan fingerprint density at radius 3 is 2.59 bits per heavy atom. The van der Waals surface area contributed by atoms with Gasteiger partial charge in [0.15, 0.2) is 0 Å². The number of rotatable bonds is 5. The minimum atomic E-state index is -0.866. The highest BCUT2D eigenvalue weighted by molar-refractivity contribution is 6.32. The molecular weight excluding hydrogens is 373 g/mol. The number of carbonyl (C=O) groups is 3. The molecule has 2 N–H and O–H groups in total. The van der Waals surface area contributed by atoms with Crippen LogP contribution < -0.4 is 15.8 Å². The molecule has 0 bridgehead atoms. The fraction of sp³-hybridized carbons (Fsp3) is 0.211. The molecule has 3 amide bonds. The van der Waals surface area contributed by atoms with Gasteiger partial charge in [0.1, 0.15) is 11.9 Å². The van der Waals surface area contributed by atoms with Crippen LogP contribution in [0.5, 0.6) is 0 Å². The first-order chi connectivity index (χ1) is 12.8. The van der Waals surface area contributed by atoms with Gasteiger partial charge in [0.2, 0.25) is 11.8 Å². The van der Waals surface area contributed by atoms with Crippen LogP contribution >= 0.6 is 11.6 Å². The Labute approximate surface area is 160 Å². The fourth-order valence-corrected chi connectivity index (χ4v) is 2.91. The fourth-order valence-electron chi connectivity index (χ4n) is 2.74. The molecule has 0 unspecified atom stereocenters. The maximum Gasteiger partial charge on any atom is 0.253 e. The highest BCUT2D eigenvalue weighted by atomic mass is 35.5. The van der Waals surface area contributed by atoms with Crippen molar-refractivity contribution in [2.45, 2.75) is 25.8 Å². The minimum absolute atomic E-state index is 0.0133. The highest BCUT2D eigenvalue weighted by Crippen LogP contribution is 2.27. The topological polar surface area (TPSA) is 78.5 Å². The molecule has 1 atom stereocenters. The quantitative estimate of drug-likeness (QED) is 0.607. The van der Waals surface area contributed by atoms with Crippen LogP contribution in [0.25, 0.3) is 0 Å². The molecule has 140 valence electrons. The van der Waals surface area contributed by atoms with Crippen LogP contribution in [-0.2, 0) is 20.8 Å². The molecule has 0 aliphatic carbocycles. The second-order valence-electron chi connectivity index (χ2n) is 6.25. The highest BCUT2D eigenvalue weighted by Gasteiger charge is 2.39. The van der Waals surface area contributed by atoms with Crippen LogP contribution in [0, 0.1) is 12.7 Å². The Hall–Kier alpha value is -2.77. The number of carbonyl (C=O) groups excluding carboxylic acids is 3. The first-order valence-corrected chi connectivity index (χ1v) is 8.64. The van der Waals surface area contributed by atoms with E-state index in [0.29, 0.717) is 16.3 Å². The summed E-state index contributed by atoms with van der Waals surface area (Å²) >= 11 is 6.07. The van der Waals surface area contributed by atoms with Crippen molar-refractivity contribution in [1.82, 2.24) is 10.9 Å². The van der Waals surface area contributed by atoms with Gasteiger partial charge in [-0.1, -0.05) is 29.8 Å². The van der Waals surface area contributed by atoms with E-state index in [1.54, 1.807) is 18.2 Å². The smallest absolute Gasteiger partial charge is 0.253 e. The van der Waals surface area contributed by atoms with Crippen molar-refractivity contribution in [3.05, 3.63) is 64.4 Å². The van der Waals surface area contributed by atoms with Gasteiger partial charge in [-0.25, -0.2) is 14.7 Å². The van der Waals surface area contributed by atoms with Gasteiger partial charge in [-0.05, 0) is 42.3 Å². The summed E-state index contributed by atoms with van der Waals surface area (Å²) in [4.78, 5) is 37.8. The van der Waals surface area contributed by atoms with Crippen LogP contribution in [0.1, 0.15) is 17.5 Å². The Bertz CT molecular complexity index is 902. The molecule has 2 aromatic carbocycles. The van der Waals surface area contributed by atoms with Gasteiger partial charge >= 0.3 is 0 Å². The zero-order valence-corrected chi connectivity index (χ0v) is 15.2. The average molecular weight is 390 g/mol. The van der Waals surface area contributed by atoms with Crippen molar-refractivity contribution in [1.29, 1.82) is 0 Å². The van der Waals surface area contributed by atoms with Crippen LogP contribution in [-0.4, -0.2) is 23.8 Å². The molecule has 2 aromatic rings. The molecule has 1 aliphatic heterocycles. The first-order valence-electron chi connectivity index (χ1n) is 8.27. The van der Waals surface area contributed by atoms with Crippen LogP contribution in [0.15, 0.2) is 42.5 Å². The maximum absolute atomic E-state index is 12.9. The van der Waals surface area contributed by atoms with Crippen LogP contribution in [0.2, 0.25) is 5.02 Å². The summed E-state index contributed by atoms with van der Waals surface area (Å²) in [6, 6.07) is 9.59. The summed E-state index contributed by atoms with van der Waals surface area (Å²) in [5.74, 6) is -1.64. The Balaban J connectivity index is 1.60. The standard InChI is InChI=1S/C19H17ClFN3O3/c1-11-2-7-14(9-15(11)20)24-18(26)10-16(19(24)27)22-23-17(25)8-12-3-5-13(21)6-4-12/h2-7,9,16,22H,8,10H2,1H3,(H,23,25)/t16-/m1/s1. The number of amides is 3. The normalized spacial score (nSPS) is 16.7. The van der Waals surface area contributed by atoms with Gasteiger partial charge in [0.25, 0.3) is 5.91 Å². The predicted molar refractivity (Wildman–Crippen MR) is 98.5 cm³/mol. The lowest BCUT2D eigenvalue weighted by molar-refractivity contribution is -0.122. The molecule has 0 saturated carbocycles. The van der Waals surface area contributed by atoms with E-state index in [4.69, 9.17) is 11.6 Å². The summed E-state index contributed by atoms with van der Waals surface area (Å²) in [6.07, 6.45) is -0.0689. The second kappa shape index (κ2) is 7.85. The summed E-state index contributed by atoms with van der Waals surface area (Å²) in [5, 5.41) is 0.456. The monoisotopic (exact) mass is 389 g/mol. The number of hydrazine groups is 1. The van der Waals surface area contributed by atoms with Crippen molar-refractivity contribution < 1.29 is 18.8 Å². The van der Waals surface area contributed by atoms with Crippen LogP contribution in [0.3, 0.4) is 0 Å². The summed E-state index contributed by atoms with van der Waals surface area (Å²) < 4.78 is 12.9. The number of imide groups is 1. The molecule has 27 heavy (non-hydrogen) atoms. The summed E-state index contributed by atoms with van der Waals surface area (Å²) in [6.45, 7) is 1.82. The van der Waals surface area contributed by atoms with Gasteiger partial charge in [0.05, 0.1) is 18.5 Å². The molecule has 0 spiro atoms. The second-order valence-corrected chi connectivity index (χ2v) is 6.66. The molecule has 6 nitrogen and oxygen atoms in total. The summed E-state index contributed by atoms with van der Waals surface area (Å²) in [5.41, 5.74) is 6.88. The van der Waals surface area contributed by atoms with E-state index >= 15 is 0 Å². The van der Waals surface area contributed by atoms with Crippen LogP contribution in [0.4, 0.5) is 10.1 Å². The lowest BCUT2D eigenvalue weighted by Gasteiger charge is -2.16. The zero-order chi connectivity index (χ0) is 19.6. The van der Waals surface area contributed by atoms with Crippen molar-refractivity contribution in [2.24, 2.45) is 0 Å². The predicted octanol–water partition coefficient (Wildman–Crippen LogP) is 2.28. The number of benzene rings is 2. The number of hydrogen-bond donors (Lipinski definition) is 2.